The van der Waals surface area contributed by atoms with Gasteiger partial charge < -0.3 is 20.7 Å². The molecule has 20 heavy (non-hydrogen) atoms. The van der Waals surface area contributed by atoms with Gasteiger partial charge in [0.25, 0.3) is 5.91 Å². The molecule has 110 valence electrons. The predicted molar refractivity (Wildman–Crippen MR) is 81.1 cm³/mol. The summed E-state index contributed by atoms with van der Waals surface area (Å²) >= 11 is 0. The van der Waals surface area contributed by atoms with Gasteiger partial charge in [0.15, 0.2) is 0 Å². The molecule has 0 bridgehead atoms. The topological polar surface area (TPSA) is 67.6 Å². The van der Waals surface area contributed by atoms with Crippen LogP contribution < -0.4 is 16.0 Å². The van der Waals surface area contributed by atoms with Crippen LogP contribution in [-0.4, -0.2) is 38.3 Å². The number of carbonyl (C=O) groups is 1. The van der Waals surface area contributed by atoms with E-state index in [0.717, 1.165) is 18.7 Å². The smallest absolute Gasteiger partial charge is 0.253 e. The quantitative estimate of drug-likeness (QED) is 0.824. The summed E-state index contributed by atoms with van der Waals surface area (Å²) in [5.74, 6) is -0.0889. The van der Waals surface area contributed by atoms with Gasteiger partial charge in [-0.15, -0.1) is 0 Å². The second-order valence-electron chi connectivity index (χ2n) is 5.21. The molecule has 1 aromatic carbocycles. The number of nitrogens with two attached hydrogens (primary N) is 1. The van der Waals surface area contributed by atoms with E-state index in [1.54, 1.807) is 19.2 Å². The third-order valence-electron chi connectivity index (χ3n) is 3.74. The van der Waals surface area contributed by atoms with Crippen molar-refractivity contribution in [1.82, 2.24) is 5.32 Å². The second-order valence-corrected chi connectivity index (χ2v) is 5.21. The highest BCUT2D eigenvalue weighted by Crippen LogP contribution is 2.29. The van der Waals surface area contributed by atoms with Crippen molar-refractivity contribution in [1.29, 1.82) is 0 Å². The molecular formula is C15H23N3O2. The summed E-state index contributed by atoms with van der Waals surface area (Å²) in [6.07, 6.45) is 1.12. The first-order valence-electron chi connectivity index (χ1n) is 7.06. The van der Waals surface area contributed by atoms with Gasteiger partial charge in [0, 0.05) is 19.3 Å². The van der Waals surface area contributed by atoms with Crippen LogP contribution in [0, 0.1) is 0 Å². The van der Waals surface area contributed by atoms with Gasteiger partial charge in [-0.1, -0.05) is 6.92 Å². The Hall–Kier alpha value is -1.75. The number of hydrogen-bond acceptors (Lipinski definition) is 4. The molecule has 0 aromatic heterocycles. The van der Waals surface area contributed by atoms with Gasteiger partial charge in [0.2, 0.25) is 0 Å². The summed E-state index contributed by atoms with van der Waals surface area (Å²) in [7, 11) is 1.64. The van der Waals surface area contributed by atoms with Crippen LogP contribution >= 0.6 is 0 Å². The molecule has 1 aliphatic rings. The number of nitrogens with one attached hydrogen (secondary N) is 1. The van der Waals surface area contributed by atoms with Crippen LogP contribution in [0.15, 0.2) is 18.2 Å². The number of nitrogens with zero attached hydrogens (tertiary/aromatic N) is 1. The monoisotopic (exact) mass is 277 g/mol. The van der Waals surface area contributed by atoms with E-state index in [0.29, 0.717) is 17.9 Å². The zero-order valence-corrected chi connectivity index (χ0v) is 12.3. The van der Waals surface area contributed by atoms with Crippen molar-refractivity contribution in [3.05, 3.63) is 23.8 Å². The summed E-state index contributed by atoms with van der Waals surface area (Å²) in [5.41, 5.74) is 8.13. The largest absolute Gasteiger partial charge is 0.399 e. The first-order valence-corrected chi connectivity index (χ1v) is 7.06. The molecule has 5 nitrogen and oxygen atoms in total. The van der Waals surface area contributed by atoms with Crippen molar-refractivity contribution in [3.63, 3.8) is 0 Å². The van der Waals surface area contributed by atoms with E-state index in [9.17, 15) is 4.79 Å². The van der Waals surface area contributed by atoms with Crippen LogP contribution in [0.3, 0.4) is 0 Å². The van der Waals surface area contributed by atoms with Crippen molar-refractivity contribution < 1.29 is 9.53 Å². The van der Waals surface area contributed by atoms with Crippen molar-refractivity contribution in [2.75, 3.05) is 30.8 Å². The number of ether oxygens (including phenoxy) is 1. The zero-order chi connectivity index (χ0) is 14.7. The SMILES string of the molecule is CCC1COC(C)CN1c1cc(N)ccc1C(=O)NC. The maximum atomic E-state index is 12.1. The molecule has 0 aliphatic carbocycles. The van der Waals surface area contributed by atoms with Crippen LogP contribution in [-0.2, 0) is 4.74 Å². The average molecular weight is 277 g/mol. The number of morpholine rings is 1. The molecule has 1 fully saturated rings. The fourth-order valence-electron chi connectivity index (χ4n) is 2.59. The third-order valence-corrected chi connectivity index (χ3v) is 3.74. The standard InChI is InChI=1S/C15H23N3O2/c1-4-12-9-20-10(2)8-18(12)14-7-11(16)5-6-13(14)15(19)17-3/h5-7,10,12H,4,8-9,16H2,1-3H3,(H,17,19). The molecular weight excluding hydrogens is 254 g/mol. The predicted octanol–water partition coefficient (Wildman–Crippen LogP) is 1.63. The number of hydrogen-bond donors (Lipinski definition) is 2. The average Bonchev–Trinajstić information content (AvgIpc) is 2.46. The fraction of sp³-hybridized carbons (Fsp3) is 0.533. The second kappa shape index (κ2) is 6.13. The lowest BCUT2D eigenvalue weighted by molar-refractivity contribution is 0.0298. The Balaban J connectivity index is 2.42. The highest BCUT2D eigenvalue weighted by molar-refractivity contribution is 6.00. The number of amides is 1. The van der Waals surface area contributed by atoms with Crippen molar-refractivity contribution in [2.24, 2.45) is 0 Å². The van der Waals surface area contributed by atoms with Crippen molar-refractivity contribution in [3.8, 4) is 0 Å². The van der Waals surface area contributed by atoms with Crippen LogP contribution in [0.4, 0.5) is 11.4 Å². The van der Waals surface area contributed by atoms with Gasteiger partial charge in [0.05, 0.1) is 30.0 Å². The molecule has 2 atom stereocenters. The van der Waals surface area contributed by atoms with E-state index in [1.165, 1.54) is 0 Å². The lowest BCUT2D eigenvalue weighted by atomic mass is 10.0. The lowest BCUT2D eigenvalue weighted by Crippen LogP contribution is -2.49. The van der Waals surface area contributed by atoms with Gasteiger partial charge in [-0.3, -0.25) is 4.79 Å². The van der Waals surface area contributed by atoms with Gasteiger partial charge >= 0.3 is 0 Å². The minimum absolute atomic E-state index is 0.0889. The molecule has 1 aliphatic heterocycles. The molecule has 5 heteroatoms. The van der Waals surface area contributed by atoms with Gasteiger partial charge in [-0.05, 0) is 31.5 Å². The van der Waals surface area contributed by atoms with E-state index >= 15 is 0 Å². The summed E-state index contributed by atoms with van der Waals surface area (Å²) in [5, 5.41) is 2.69. The summed E-state index contributed by atoms with van der Waals surface area (Å²) in [6, 6.07) is 5.71. The molecule has 1 heterocycles. The van der Waals surface area contributed by atoms with E-state index < -0.39 is 0 Å². The summed E-state index contributed by atoms with van der Waals surface area (Å²) < 4.78 is 5.72. The van der Waals surface area contributed by atoms with Crippen LogP contribution in [0.1, 0.15) is 30.6 Å². The molecule has 0 saturated carbocycles. The number of benzene rings is 1. The van der Waals surface area contributed by atoms with E-state index in [4.69, 9.17) is 10.5 Å². The van der Waals surface area contributed by atoms with Gasteiger partial charge in [-0.25, -0.2) is 0 Å². The molecule has 1 amide bonds. The van der Waals surface area contributed by atoms with Crippen molar-refractivity contribution >= 4 is 17.3 Å². The highest BCUT2D eigenvalue weighted by Gasteiger charge is 2.28. The minimum atomic E-state index is -0.0889. The summed E-state index contributed by atoms with van der Waals surface area (Å²) in [4.78, 5) is 14.3. The normalized spacial score (nSPS) is 22.6. The van der Waals surface area contributed by atoms with Gasteiger partial charge in [-0.2, -0.15) is 0 Å². The van der Waals surface area contributed by atoms with Crippen molar-refractivity contribution in [2.45, 2.75) is 32.4 Å². The maximum Gasteiger partial charge on any atom is 0.253 e. The number of rotatable bonds is 3. The first kappa shape index (κ1) is 14.7. The Kier molecular flexibility index (Phi) is 4.49. The Labute approximate surface area is 120 Å². The molecule has 2 rings (SSSR count). The number of nitrogen functional groups attached to an aromatic ring is 1. The van der Waals surface area contributed by atoms with Crippen LogP contribution in [0.25, 0.3) is 0 Å². The van der Waals surface area contributed by atoms with E-state index in [2.05, 4.69) is 17.1 Å². The Morgan fingerprint density at radius 1 is 1.55 bits per heavy atom. The Morgan fingerprint density at radius 3 is 2.95 bits per heavy atom. The molecule has 1 saturated heterocycles. The molecule has 3 N–H and O–H groups in total. The third kappa shape index (κ3) is 2.88. The molecule has 1 aromatic rings. The Bertz CT molecular complexity index is 490. The lowest BCUT2D eigenvalue weighted by Gasteiger charge is -2.40. The Morgan fingerprint density at radius 2 is 2.30 bits per heavy atom. The number of carbonyl (C=O) groups excluding carboxylic acids is 1. The van der Waals surface area contributed by atoms with Gasteiger partial charge in [0.1, 0.15) is 0 Å². The molecule has 0 radical (unpaired) electrons. The number of anilines is 2. The zero-order valence-electron chi connectivity index (χ0n) is 12.3. The molecule has 2 unspecified atom stereocenters. The van der Waals surface area contributed by atoms with Crippen LogP contribution in [0.5, 0.6) is 0 Å². The first-order chi connectivity index (χ1) is 9.56. The highest BCUT2D eigenvalue weighted by atomic mass is 16.5. The summed E-state index contributed by atoms with van der Waals surface area (Å²) in [6.45, 7) is 5.62. The minimum Gasteiger partial charge on any atom is -0.399 e. The van der Waals surface area contributed by atoms with Crippen LogP contribution in [0.2, 0.25) is 0 Å². The maximum absolute atomic E-state index is 12.1. The fourth-order valence-corrected chi connectivity index (χ4v) is 2.59. The van der Waals surface area contributed by atoms with E-state index in [-0.39, 0.29) is 18.1 Å². The van der Waals surface area contributed by atoms with E-state index in [1.807, 2.05) is 13.0 Å². The molecule has 0 spiro atoms.